The van der Waals surface area contributed by atoms with Crippen molar-refractivity contribution >= 4 is 23.7 Å². The summed E-state index contributed by atoms with van der Waals surface area (Å²) in [6.07, 6.45) is 2.56. The van der Waals surface area contributed by atoms with Gasteiger partial charge in [0.15, 0.2) is 11.5 Å². The minimum atomic E-state index is -0.340. The maximum atomic E-state index is 11.9. The first kappa shape index (κ1) is 21.0. The van der Waals surface area contributed by atoms with Crippen LogP contribution in [0.25, 0.3) is 0 Å². The number of methoxy groups -OCH3 is 2. The SMILES string of the molecule is CCc1ccc(NC(=O)CCC(=O)N/N=C\c2ccc(OC)c(OC)c2)cc1. The quantitative estimate of drug-likeness (QED) is 0.514. The number of hydrogen-bond donors (Lipinski definition) is 2. The molecule has 0 aliphatic heterocycles. The van der Waals surface area contributed by atoms with Crippen LogP contribution in [0, 0.1) is 0 Å². The molecule has 0 radical (unpaired) electrons. The lowest BCUT2D eigenvalue weighted by atomic mass is 10.1. The molecule has 148 valence electrons. The Bertz CT molecular complexity index is 832. The molecular weight excluding hydrogens is 358 g/mol. The smallest absolute Gasteiger partial charge is 0.240 e. The van der Waals surface area contributed by atoms with Gasteiger partial charge >= 0.3 is 0 Å². The van der Waals surface area contributed by atoms with Gasteiger partial charge in [0.1, 0.15) is 0 Å². The van der Waals surface area contributed by atoms with Gasteiger partial charge in [0.25, 0.3) is 0 Å². The lowest BCUT2D eigenvalue weighted by molar-refractivity contribution is -0.124. The summed E-state index contributed by atoms with van der Waals surface area (Å²) in [5, 5.41) is 6.67. The zero-order valence-corrected chi connectivity index (χ0v) is 16.3. The molecule has 0 heterocycles. The van der Waals surface area contributed by atoms with Crippen molar-refractivity contribution in [2.45, 2.75) is 26.2 Å². The Hall–Kier alpha value is -3.35. The van der Waals surface area contributed by atoms with Gasteiger partial charge in [-0.3, -0.25) is 9.59 Å². The lowest BCUT2D eigenvalue weighted by Gasteiger charge is -2.07. The minimum absolute atomic E-state index is 0.0438. The molecule has 2 aromatic rings. The number of benzene rings is 2. The number of aryl methyl sites for hydroxylation is 1. The third kappa shape index (κ3) is 6.42. The molecule has 7 heteroatoms. The Morgan fingerprint density at radius 3 is 2.29 bits per heavy atom. The highest BCUT2D eigenvalue weighted by Gasteiger charge is 2.07. The summed E-state index contributed by atoms with van der Waals surface area (Å²) in [4.78, 5) is 23.8. The zero-order valence-electron chi connectivity index (χ0n) is 16.3. The Morgan fingerprint density at radius 1 is 0.964 bits per heavy atom. The van der Waals surface area contributed by atoms with E-state index in [0.29, 0.717) is 17.2 Å². The fraction of sp³-hybridized carbons (Fsp3) is 0.286. The maximum absolute atomic E-state index is 11.9. The number of carbonyl (C=O) groups excluding carboxylic acids is 2. The molecule has 2 aromatic carbocycles. The van der Waals surface area contributed by atoms with E-state index in [1.165, 1.54) is 11.8 Å². The number of nitrogens with zero attached hydrogens (tertiary/aromatic N) is 1. The number of nitrogens with one attached hydrogen (secondary N) is 2. The first-order valence-electron chi connectivity index (χ1n) is 8.98. The fourth-order valence-electron chi connectivity index (χ4n) is 2.44. The summed E-state index contributed by atoms with van der Waals surface area (Å²) in [5.41, 5.74) is 5.07. The molecule has 0 unspecified atom stereocenters. The van der Waals surface area contributed by atoms with Gasteiger partial charge in [-0.2, -0.15) is 5.10 Å². The van der Waals surface area contributed by atoms with Gasteiger partial charge in [0.05, 0.1) is 20.4 Å². The second-order valence-corrected chi connectivity index (χ2v) is 6.01. The first-order chi connectivity index (χ1) is 13.5. The molecule has 28 heavy (non-hydrogen) atoms. The van der Waals surface area contributed by atoms with Crippen LogP contribution in [0.1, 0.15) is 30.9 Å². The van der Waals surface area contributed by atoms with Gasteiger partial charge in [-0.25, -0.2) is 5.43 Å². The van der Waals surface area contributed by atoms with Crippen molar-refractivity contribution in [2.24, 2.45) is 5.10 Å². The van der Waals surface area contributed by atoms with Crippen molar-refractivity contribution in [1.82, 2.24) is 5.43 Å². The summed E-state index contributed by atoms with van der Waals surface area (Å²) >= 11 is 0. The monoisotopic (exact) mass is 383 g/mol. The first-order valence-corrected chi connectivity index (χ1v) is 8.98. The third-order valence-corrected chi connectivity index (χ3v) is 4.04. The number of hydrogen-bond acceptors (Lipinski definition) is 5. The molecule has 0 saturated heterocycles. The number of carbonyl (C=O) groups is 2. The van der Waals surface area contributed by atoms with Crippen LogP contribution in [0.5, 0.6) is 11.5 Å². The average Bonchev–Trinajstić information content (AvgIpc) is 2.72. The van der Waals surface area contributed by atoms with Crippen molar-refractivity contribution in [3.63, 3.8) is 0 Å². The highest BCUT2D eigenvalue weighted by Crippen LogP contribution is 2.26. The molecule has 0 aliphatic rings. The Morgan fingerprint density at radius 2 is 1.64 bits per heavy atom. The molecule has 0 saturated carbocycles. The van der Waals surface area contributed by atoms with Crippen LogP contribution in [0.15, 0.2) is 47.6 Å². The Balaban J connectivity index is 1.77. The van der Waals surface area contributed by atoms with Crippen LogP contribution < -0.4 is 20.2 Å². The molecule has 0 aliphatic carbocycles. The Kier molecular flexibility index (Phi) is 8.02. The van der Waals surface area contributed by atoms with Crippen LogP contribution in [0.3, 0.4) is 0 Å². The molecule has 2 N–H and O–H groups in total. The van der Waals surface area contributed by atoms with Gasteiger partial charge in [0, 0.05) is 18.5 Å². The second kappa shape index (κ2) is 10.7. The molecular formula is C21H25N3O4. The topological polar surface area (TPSA) is 89.0 Å². The average molecular weight is 383 g/mol. The van der Waals surface area contributed by atoms with E-state index in [1.807, 2.05) is 24.3 Å². The van der Waals surface area contributed by atoms with Gasteiger partial charge in [-0.05, 0) is 47.9 Å². The van der Waals surface area contributed by atoms with E-state index in [9.17, 15) is 9.59 Å². The van der Waals surface area contributed by atoms with E-state index in [-0.39, 0.29) is 24.7 Å². The van der Waals surface area contributed by atoms with Gasteiger partial charge in [0.2, 0.25) is 11.8 Å². The highest BCUT2D eigenvalue weighted by molar-refractivity contribution is 5.93. The zero-order chi connectivity index (χ0) is 20.4. The molecule has 0 fully saturated rings. The van der Waals surface area contributed by atoms with Gasteiger partial charge in [-0.15, -0.1) is 0 Å². The number of anilines is 1. The van der Waals surface area contributed by atoms with Crippen LogP contribution >= 0.6 is 0 Å². The third-order valence-electron chi connectivity index (χ3n) is 4.04. The summed E-state index contributed by atoms with van der Waals surface area (Å²) in [6.45, 7) is 2.07. The number of rotatable bonds is 9. The maximum Gasteiger partial charge on any atom is 0.240 e. The number of hydrazone groups is 1. The van der Waals surface area contributed by atoms with E-state index < -0.39 is 0 Å². The summed E-state index contributed by atoms with van der Waals surface area (Å²) in [5.74, 6) is 0.622. The molecule has 2 rings (SSSR count). The minimum Gasteiger partial charge on any atom is -0.493 e. The largest absolute Gasteiger partial charge is 0.493 e. The standard InChI is InChI=1S/C21H25N3O4/c1-4-15-5-8-17(9-6-15)23-20(25)11-12-21(26)24-22-14-16-7-10-18(27-2)19(13-16)28-3/h5-10,13-14H,4,11-12H2,1-3H3,(H,23,25)(H,24,26)/b22-14-. The predicted molar refractivity (Wildman–Crippen MR) is 109 cm³/mol. The number of amides is 2. The highest BCUT2D eigenvalue weighted by atomic mass is 16.5. The molecule has 0 aromatic heterocycles. The van der Waals surface area contributed by atoms with Crippen LogP contribution in [-0.4, -0.2) is 32.2 Å². The molecule has 0 bridgehead atoms. The van der Waals surface area contributed by atoms with E-state index in [1.54, 1.807) is 32.4 Å². The number of ether oxygens (including phenoxy) is 2. The van der Waals surface area contributed by atoms with Crippen LogP contribution in [0.4, 0.5) is 5.69 Å². The Labute approximate surface area is 164 Å². The second-order valence-electron chi connectivity index (χ2n) is 6.01. The molecule has 0 spiro atoms. The van der Waals surface area contributed by atoms with Gasteiger partial charge < -0.3 is 14.8 Å². The van der Waals surface area contributed by atoms with Crippen molar-refractivity contribution in [3.05, 3.63) is 53.6 Å². The summed E-state index contributed by atoms with van der Waals surface area (Å²) in [7, 11) is 3.10. The van der Waals surface area contributed by atoms with E-state index >= 15 is 0 Å². The normalized spacial score (nSPS) is 10.5. The summed E-state index contributed by atoms with van der Waals surface area (Å²) in [6, 6.07) is 12.9. The van der Waals surface area contributed by atoms with Crippen LogP contribution in [0.2, 0.25) is 0 Å². The van der Waals surface area contributed by atoms with E-state index in [2.05, 4.69) is 22.8 Å². The molecule has 2 amide bonds. The summed E-state index contributed by atoms with van der Waals surface area (Å²) < 4.78 is 10.4. The molecule has 0 atom stereocenters. The van der Waals surface area contributed by atoms with Crippen molar-refractivity contribution in [2.75, 3.05) is 19.5 Å². The predicted octanol–water partition coefficient (Wildman–Crippen LogP) is 3.14. The van der Waals surface area contributed by atoms with Crippen molar-refractivity contribution in [3.8, 4) is 11.5 Å². The van der Waals surface area contributed by atoms with Crippen molar-refractivity contribution < 1.29 is 19.1 Å². The lowest BCUT2D eigenvalue weighted by Crippen LogP contribution is -2.20. The molecule has 7 nitrogen and oxygen atoms in total. The van der Waals surface area contributed by atoms with Gasteiger partial charge in [-0.1, -0.05) is 19.1 Å². The van der Waals surface area contributed by atoms with E-state index in [0.717, 1.165) is 12.0 Å². The van der Waals surface area contributed by atoms with E-state index in [4.69, 9.17) is 9.47 Å². The van der Waals surface area contributed by atoms with Crippen LogP contribution in [-0.2, 0) is 16.0 Å². The van der Waals surface area contributed by atoms with Crippen molar-refractivity contribution in [1.29, 1.82) is 0 Å². The fourth-order valence-corrected chi connectivity index (χ4v) is 2.44.